The Morgan fingerprint density at radius 1 is 1.09 bits per heavy atom. The summed E-state index contributed by atoms with van der Waals surface area (Å²) in [7, 11) is 5.27. The van der Waals surface area contributed by atoms with Gasteiger partial charge in [0, 0.05) is 50.4 Å². The van der Waals surface area contributed by atoms with Crippen molar-refractivity contribution in [3.63, 3.8) is 0 Å². The van der Waals surface area contributed by atoms with Gasteiger partial charge in [0.05, 0.1) is 31.6 Å². The third kappa shape index (κ3) is 4.93. The maximum absolute atomic E-state index is 13.1. The monoisotopic (exact) mass is 471 g/mol. The van der Waals surface area contributed by atoms with E-state index in [4.69, 9.17) is 13.9 Å². The van der Waals surface area contributed by atoms with E-state index < -0.39 is 5.63 Å². The first-order valence-electron chi connectivity index (χ1n) is 12.3. The third-order valence-electron chi connectivity index (χ3n) is 7.68. The maximum atomic E-state index is 13.1. The number of aryl methyl sites for hydroxylation is 1. The minimum Gasteiger partial charge on any atom is -0.496 e. The van der Waals surface area contributed by atoms with E-state index in [0.717, 1.165) is 39.0 Å². The Kier molecular flexibility index (Phi) is 7.48. The Balaban J connectivity index is 1.53. The minimum absolute atomic E-state index is 0.0119. The summed E-state index contributed by atoms with van der Waals surface area (Å²) in [4.78, 5) is 30.8. The molecular weight excluding hydrogens is 434 g/mol. The Morgan fingerprint density at radius 3 is 2.44 bits per heavy atom. The molecule has 1 aliphatic carbocycles. The van der Waals surface area contributed by atoms with Crippen molar-refractivity contribution in [3.8, 4) is 11.5 Å². The molecule has 4 rings (SSSR count). The maximum Gasteiger partial charge on any atom is 0.340 e. The Hall–Kier alpha value is -2.58. The van der Waals surface area contributed by atoms with Gasteiger partial charge in [-0.2, -0.15) is 0 Å². The fourth-order valence-electron chi connectivity index (χ4n) is 5.55. The number of carbonyl (C=O) groups is 1. The van der Waals surface area contributed by atoms with Crippen molar-refractivity contribution in [1.29, 1.82) is 0 Å². The fourth-order valence-corrected chi connectivity index (χ4v) is 5.55. The van der Waals surface area contributed by atoms with Gasteiger partial charge in [0.2, 0.25) is 5.91 Å². The average Bonchev–Trinajstić information content (AvgIpc) is 2.85. The first-order valence-corrected chi connectivity index (χ1v) is 12.3. The van der Waals surface area contributed by atoms with Crippen molar-refractivity contribution in [2.24, 2.45) is 0 Å². The number of hydrogen-bond acceptors (Lipinski definition) is 7. The number of carbonyl (C=O) groups excluding carboxylic acids is 1. The number of fused-ring (bicyclic) bond motifs is 1. The third-order valence-corrected chi connectivity index (χ3v) is 7.68. The van der Waals surface area contributed by atoms with Gasteiger partial charge in [-0.25, -0.2) is 4.79 Å². The molecular formula is C26H37N3O5. The summed E-state index contributed by atoms with van der Waals surface area (Å²) in [5, 5.41) is 3.86. The Labute approximate surface area is 201 Å². The lowest BCUT2D eigenvalue weighted by Gasteiger charge is -2.49. The molecule has 0 radical (unpaired) electrons. The van der Waals surface area contributed by atoms with Gasteiger partial charge in [-0.3, -0.25) is 9.69 Å². The van der Waals surface area contributed by atoms with Crippen LogP contribution in [0.5, 0.6) is 11.5 Å². The van der Waals surface area contributed by atoms with Crippen LogP contribution in [-0.2, 0) is 11.2 Å². The highest BCUT2D eigenvalue weighted by atomic mass is 16.5. The SMILES string of the molecule is COc1cc(OC)c2c(C)c(CC(=O)NCC3(N4CCN(C)CC4)CCCCC3)c(=O)oc2c1. The van der Waals surface area contributed by atoms with E-state index >= 15 is 0 Å². The Morgan fingerprint density at radius 2 is 1.79 bits per heavy atom. The number of likely N-dealkylation sites (N-methyl/N-ethyl adjacent to an activating group) is 1. The number of methoxy groups -OCH3 is 2. The zero-order valence-electron chi connectivity index (χ0n) is 20.9. The zero-order valence-corrected chi connectivity index (χ0v) is 20.9. The molecule has 8 nitrogen and oxygen atoms in total. The molecule has 2 fully saturated rings. The number of rotatable bonds is 7. The van der Waals surface area contributed by atoms with Crippen LogP contribution < -0.4 is 20.4 Å². The number of benzene rings is 1. The predicted molar refractivity (Wildman–Crippen MR) is 132 cm³/mol. The summed E-state index contributed by atoms with van der Waals surface area (Å²) in [6, 6.07) is 3.42. The molecule has 2 aromatic rings. The van der Waals surface area contributed by atoms with Crippen LogP contribution in [0.1, 0.15) is 43.2 Å². The van der Waals surface area contributed by atoms with Gasteiger partial charge in [0.1, 0.15) is 17.1 Å². The second-order valence-corrected chi connectivity index (χ2v) is 9.72. The predicted octanol–water partition coefficient (Wildman–Crippen LogP) is 2.73. The van der Waals surface area contributed by atoms with Crippen LogP contribution in [0.4, 0.5) is 0 Å². The summed E-state index contributed by atoms with van der Waals surface area (Å²) in [5.74, 6) is 0.939. The first kappa shape index (κ1) is 24.5. The van der Waals surface area contributed by atoms with E-state index in [1.165, 1.54) is 19.3 Å². The molecule has 34 heavy (non-hydrogen) atoms. The standard InChI is InChI=1S/C26H37N3O5/c1-18-20(25(31)34-22-15-19(32-3)14-21(33-4)24(18)22)16-23(30)27-17-26(8-6-5-7-9-26)29-12-10-28(2)11-13-29/h14-15H,5-13,16-17H2,1-4H3,(H,27,30). The lowest BCUT2D eigenvalue weighted by Crippen LogP contribution is -2.61. The average molecular weight is 472 g/mol. The summed E-state index contributed by atoms with van der Waals surface area (Å²) in [6.45, 7) is 6.63. The van der Waals surface area contributed by atoms with Gasteiger partial charge < -0.3 is 24.1 Å². The highest BCUT2D eigenvalue weighted by Crippen LogP contribution is 2.35. The normalized spacial score (nSPS) is 19.2. The highest BCUT2D eigenvalue weighted by Gasteiger charge is 2.39. The van der Waals surface area contributed by atoms with Gasteiger partial charge in [-0.1, -0.05) is 19.3 Å². The first-order chi connectivity index (χ1) is 16.4. The molecule has 0 unspecified atom stereocenters. The van der Waals surface area contributed by atoms with Crippen molar-refractivity contribution < 1.29 is 18.7 Å². The molecule has 0 atom stereocenters. The van der Waals surface area contributed by atoms with Crippen molar-refractivity contribution in [2.75, 3.05) is 54.0 Å². The lowest BCUT2D eigenvalue weighted by atomic mass is 9.79. The summed E-state index contributed by atoms with van der Waals surface area (Å²) < 4.78 is 16.4. The topological polar surface area (TPSA) is 84.3 Å². The van der Waals surface area contributed by atoms with Gasteiger partial charge in [0.15, 0.2) is 0 Å². The minimum atomic E-state index is -0.498. The van der Waals surface area contributed by atoms with Crippen LogP contribution >= 0.6 is 0 Å². The number of nitrogens with zero attached hydrogens (tertiary/aromatic N) is 2. The molecule has 1 amide bonds. The number of hydrogen-bond donors (Lipinski definition) is 1. The summed E-state index contributed by atoms with van der Waals surface area (Å²) in [6.07, 6.45) is 5.84. The number of nitrogens with one attached hydrogen (secondary N) is 1. The van der Waals surface area contributed by atoms with Crippen LogP contribution in [0, 0.1) is 6.92 Å². The van der Waals surface area contributed by atoms with Crippen molar-refractivity contribution >= 4 is 16.9 Å². The quantitative estimate of drug-likeness (QED) is 0.622. The lowest BCUT2D eigenvalue weighted by molar-refractivity contribution is -0.121. The summed E-state index contributed by atoms with van der Waals surface area (Å²) in [5.41, 5.74) is 0.969. The summed E-state index contributed by atoms with van der Waals surface area (Å²) >= 11 is 0. The van der Waals surface area contributed by atoms with Crippen LogP contribution in [0.15, 0.2) is 21.3 Å². The molecule has 0 bridgehead atoms. The molecule has 1 saturated carbocycles. The van der Waals surface area contributed by atoms with Gasteiger partial charge in [0.25, 0.3) is 0 Å². The van der Waals surface area contributed by atoms with Crippen LogP contribution in [-0.4, -0.2) is 75.2 Å². The van der Waals surface area contributed by atoms with E-state index in [9.17, 15) is 9.59 Å². The second kappa shape index (κ2) is 10.4. The van der Waals surface area contributed by atoms with E-state index in [2.05, 4.69) is 22.2 Å². The molecule has 1 saturated heterocycles. The zero-order chi connectivity index (χ0) is 24.3. The highest BCUT2D eigenvalue weighted by molar-refractivity contribution is 5.90. The fraction of sp³-hybridized carbons (Fsp3) is 0.615. The number of piperazine rings is 1. The van der Waals surface area contributed by atoms with E-state index in [0.29, 0.717) is 40.1 Å². The molecule has 1 aliphatic heterocycles. The molecule has 1 N–H and O–H groups in total. The van der Waals surface area contributed by atoms with E-state index in [-0.39, 0.29) is 17.9 Å². The van der Waals surface area contributed by atoms with Crippen LogP contribution in [0.25, 0.3) is 11.0 Å². The molecule has 1 aromatic carbocycles. The van der Waals surface area contributed by atoms with Gasteiger partial charge in [-0.05, 0) is 32.4 Å². The smallest absolute Gasteiger partial charge is 0.340 e. The van der Waals surface area contributed by atoms with Crippen LogP contribution in [0.2, 0.25) is 0 Å². The van der Waals surface area contributed by atoms with Crippen molar-refractivity contribution in [2.45, 2.75) is 51.0 Å². The largest absolute Gasteiger partial charge is 0.496 e. The molecule has 186 valence electrons. The van der Waals surface area contributed by atoms with E-state index in [1.807, 2.05) is 6.92 Å². The molecule has 1 aromatic heterocycles. The molecule has 2 aliphatic rings. The Bertz CT molecular complexity index is 1080. The molecule has 8 heteroatoms. The van der Waals surface area contributed by atoms with Gasteiger partial charge in [-0.15, -0.1) is 0 Å². The molecule has 0 spiro atoms. The number of amides is 1. The van der Waals surface area contributed by atoms with Crippen molar-refractivity contribution in [1.82, 2.24) is 15.1 Å². The second-order valence-electron chi connectivity index (χ2n) is 9.72. The van der Waals surface area contributed by atoms with Crippen LogP contribution in [0.3, 0.4) is 0 Å². The molecule has 2 heterocycles. The van der Waals surface area contributed by atoms with E-state index in [1.54, 1.807) is 26.4 Å². The number of ether oxygens (including phenoxy) is 2. The van der Waals surface area contributed by atoms with Crippen molar-refractivity contribution in [3.05, 3.63) is 33.7 Å². The van der Waals surface area contributed by atoms with Gasteiger partial charge >= 0.3 is 5.63 Å².